The average Bonchev–Trinajstić information content (AvgIpc) is 2.61. The van der Waals surface area contributed by atoms with Crippen molar-refractivity contribution in [3.63, 3.8) is 0 Å². The van der Waals surface area contributed by atoms with Gasteiger partial charge in [0.1, 0.15) is 5.75 Å². The molecule has 2 heterocycles. The number of halogens is 1. The summed E-state index contributed by atoms with van der Waals surface area (Å²) in [5.74, 6) is 3.33. The van der Waals surface area contributed by atoms with E-state index in [1.807, 2.05) is 40.6 Å². The molecule has 7 heteroatoms. The van der Waals surface area contributed by atoms with Gasteiger partial charge in [0.25, 0.3) is 5.91 Å². The topological polar surface area (TPSA) is 41.6 Å². The molecule has 3 rings (SSSR count). The molecule has 2 fully saturated rings. The maximum absolute atomic E-state index is 12.3. The van der Waals surface area contributed by atoms with Gasteiger partial charge in [0.05, 0.1) is 4.58 Å². The Balaban J connectivity index is 0.00000208. The summed E-state index contributed by atoms with van der Waals surface area (Å²) in [6.45, 7) is 4.67. The van der Waals surface area contributed by atoms with E-state index >= 15 is 0 Å². The Morgan fingerprint density at radius 1 is 1.29 bits per heavy atom. The lowest BCUT2D eigenvalue weighted by Crippen LogP contribution is -2.53. The quantitative estimate of drug-likeness (QED) is 0.857. The van der Waals surface area contributed by atoms with E-state index in [1.54, 1.807) is 0 Å². The number of ether oxygens (including phenoxy) is 1. The van der Waals surface area contributed by atoms with Crippen molar-refractivity contribution in [3.05, 3.63) is 29.8 Å². The van der Waals surface area contributed by atoms with Crippen LogP contribution < -0.4 is 10.1 Å². The van der Waals surface area contributed by atoms with E-state index in [0.717, 1.165) is 25.4 Å². The van der Waals surface area contributed by atoms with Gasteiger partial charge in [-0.2, -0.15) is 0 Å². The number of nitrogens with zero attached hydrogens (tertiary/aromatic N) is 1. The number of hydrogen-bond donors (Lipinski definition) is 1. The number of thioether (sulfide) groups is 2. The van der Waals surface area contributed by atoms with E-state index in [-0.39, 0.29) is 31.0 Å². The van der Waals surface area contributed by atoms with Crippen LogP contribution in [0.2, 0.25) is 0 Å². The summed E-state index contributed by atoms with van der Waals surface area (Å²) in [4.78, 5) is 14.2. The van der Waals surface area contributed by atoms with Crippen LogP contribution in [0.5, 0.6) is 5.75 Å². The third-order valence-corrected chi connectivity index (χ3v) is 7.18. The third-order valence-electron chi connectivity index (χ3n) is 4.16. The number of benzene rings is 1. The second-order valence-corrected chi connectivity index (χ2v) is 8.65. The lowest BCUT2D eigenvalue weighted by atomic mass is 10.2. The average molecular weight is 389 g/mol. The van der Waals surface area contributed by atoms with Crippen LogP contribution in [0.4, 0.5) is 0 Å². The third kappa shape index (κ3) is 5.22. The van der Waals surface area contributed by atoms with Crippen LogP contribution in [0, 0.1) is 0 Å². The summed E-state index contributed by atoms with van der Waals surface area (Å²) < 4.78 is 6.23. The normalized spacial score (nSPS) is 21.9. The Morgan fingerprint density at radius 3 is 2.67 bits per heavy atom. The van der Waals surface area contributed by atoms with Gasteiger partial charge in [-0.3, -0.25) is 4.79 Å². The number of piperazine rings is 1. The van der Waals surface area contributed by atoms with Crippen LogP contribution in [0.3, 0.4) is 0 Å². The first-order valence-electron chi connectivity index (χ1n) is 8.20. The lowest BCUT2D eigenvalue weighted by molar-refractivity contribution is -0.136. The predicted octanol–water partition coefficient (Wildman–Crippen LogP) is 3.18. The van der Waals surface area contributed by atoms with Crippen LogP contribution in [0.1, 0.15) is 23.5 Å². The van der Waals surface area contributed by atoms with E-state index in [9.17, 15) is 4.79 Å². The van der Waals surface area contributed by atoms with E-state index in [2.05, 4.69) is 24.4 Å². The highest BCUT2D eigenvalue weighted by Gasteiger charge is 2.23. The van der Waals surface area contributed by atoms with Gasteiger partial charge in [-0.1, -0.05) is 12.1 Å². The lowest BCUT2D eigenvalue weighted by Gasteiger charge is -2.33. The van der Waals surface area contributed by atoms with Crippen LogP contribution >= 0.6 is 35.9 Å². The predicted molar refractivity (Wildman–Crippen MR) is 106 cm³/mol. The highest BCUT2D eigenvalue weighted by molar-refractivity contribution is 8.16. The van der Waals surface area contributed by atoms with Crippen molar-refractivity contribution in [1.82, 2.24) is 10.2 Å². The molecule has 0 aromatic heterocycles. The molecule has 2 aliphatic rings. The van der Waals surface area contributed by atoms with Crippen molar-refractivity contribution in [2.75, 3.05) is 37.7 Å². The first-order valence-corrected chi connectivity index (χ1v) is 10.3. The molecule has 0 saturated carbocycles. The highest BCUT2D eigenvalue weighted by Crippen LogP contribution is 2.43. The molecule has 4 nitrogen and oxygen atoms in total. The number of carbonyl (C=O) groups is 1. The maximum atomic E-state index is 12.3. The second-order valence-electron chi connectivity index (χ2n) is 5.93. The van der Waals surface area contributed by atoms with E-state index in [4.69, 9.17) is 4.74 Å². The Hall–Kier alpha value is -0.560. The minimum Gasteiger partial charge on any atom is -0.484 e. The molecule has 0 radical (unpaired) electrons. The fraction of sp³-hybridized carbons (Fsp3) is 0.588. The number of rotatable bonds is 4. The first kappa shape index (κ1) is 19.8. The van der Waals surface area contributed by atoms with E-state index in [0.29, 0.717) is 4.58 Å². The molecule has 0 aliphatic carbocycles. The number of carbonyl (C=O) groups excluding carboxylic acids is 1. The van der Waals surface area contributed by atoms with Crippen molar-refractivity contribution in [3.8, 4) is 5.75 Å². The Morgan fingerprint density at radius 2 is 2.00 bits per heavy atom. The second kappa shape index (κ2) is 9.80. The molecule has 2 saturated heterocycles. The zero-order valence-electron chi connectivity index (χ0n) is 13.9. The van der Waals surface area contributed by atoms with Crippen LogP contribution in [-0.2, 0) is 4.79 Å². The van der Waals surface area contributed by atoms with Crippen molar-refractivity contribution in [1.29, 1.82) is 0 Å². The van der Waals surface area contributed by atoms with Crippen LogP contribution in [-0.4, -0.2) is 54.6 Å². The van der Waals surface area contributed by atoms with Crippen molar-refractivity contribution in [2.45, 2.75) is 24.0 Å². The van der Waals surface area contributed by atoms with Crippen LogP contribution in [0.25, 0.3) is 0 Å². The monoisotopic (exact) mass is 388 g/mol. The SMILES string of the molecule is C[C@H]1CNCCN1C(=O)COc1ccc(C2SCCCS2)cc1.Cl. The molecule has 1 aromatic carbocycles. The van der Waals surface area contributed by atoms with Gasteiger partial charge in [-0.15, -0.1) is 35.9 Å². The summed E-state index contributed by atoms with van der Waals surface area (Å²) in [6, 6.07) is 8.47. The summed E-state index contributed by atoms with van der Waals surface area (Å²) >= 11 is 4.03. The zero-order valence-corrected chi connectivity index (χ0v) is 16.4. The molecule has 2 aliphatic heterocycles. The Bertz CT molecular complexity index is 524. The number of amides is 1. The summed E-state index contributed by atoms with van der Waals surface area (Å²) in [7, 11) is 0. The van der Waals surface area contributed by atoms with Gasteiger partial charge in [-0.05, 0) is 42.5 Å². The molecule has 0 bridgehead atoms. The molecule has 0 spiro atoms. The molecule has 1 aromatic rings. The molecule has 134 valence electrons. The zero-order chi connectivity index (χ0) is 16.1. The van der Waals surface area contributed by atoms with Crippen molar-refractivity contribution in [2.24, 2.45) is 0 Å². The maximum Gasteiger partial charge on any atom is 0.260 e. The summed E-state index contributed by atoms with van der Waals surface area (Å²) in [6.07, 6.45) is 1.31. The molecule has 1 atom stereocenters. The van der Waals surface area contributed by atoms with Gasteiger partial charge >= 0.3 is 0 Å². The van der Waals surface area contributed by atoms with Gasteiger partial charge in [0.15, 0.2) is 6.61 Å². The molecule has 24 heavy (non-hydrogen) atoms. The summed E-state index contributed by atoms with van der Waals surface area (Å²) in [5, 5.41) is 3.29. The van der Waals surface area contributed by atoms with Gasteiger partial charge in [0.2, 0.25) is 0 Å². The van der Waals surface area contributed by atoms with E-state index < -0.39 is 0 Å². The summed E-state index contributed by atoms with van der Waals surface area (Å²) in [5.41, 5.74) is 1.34. The number of hydrogen-bond acceptors (Lipinski definition) is 5. The van der Waals surface area contributed by atoms with Crippen LogP contribution in [0.15, 0.2) is 24.3 Å². The fourth-order valence-corrected chi connectivity index (χ4v) is 5.74. The molecule has 1 amide bonds. The van der Waals surface area contributed by atoms with Gasteiger partial charge in [-0.25, -0.2) is 0 Å². The number of nitrogens with one attached hydrogen (secondary N) is 1. The largest absolute Gasteiger partial charge is 0.484 e. The standard InChI is InChI=1S/C17H24N2O2S2.ClH/c1-13-11-18-7-8-19(13)16(20)12-21-15-5-3-14(4-6-15)17-22-9-2-10-23-17;/h3-6,13,17-18H,2,7-12H2,1H3;1H/t13-;/m0./s1. The van der Waals surface area contributed by atoms with Gasteiger partial charge in [0, 0.05) is 25.7 Å². The first-order chi connectivity index (χ1) is 11.2. The highest BCUT2D eigenvalue weighted by atomic mass is 35.5. The molecule has 0 unspecified atom stereocenters. The van der Waals surface area contributed by atoms with Gasteiger partial charge < -0.3 is 15.0 Å². The molecular formula is C17H25ClN2O2S2. The van der Waals surface area contributed by atoms with Crippen molar-refractivity contribution >= 4 is 41.8 Å². The fourth-order valence-electron chi connectivity index (χ4n) is 2.84. The smallest absolute Gasteiger partial charge is 0.260 e. The molecular weight excluding hydrogens is 364 g/mol. The minimum absolute atomic E-state index is 0. The Kier molecular flexibility index (Phi) is 8.07. The van der Waals surface area contributed by atoms with E-state index in [1.165, 1.54) is 23.5 Å². The van der Waals surface area contributed by atoms with Crippen molar-refractivity contribution < 1.29 is 9.53 Å². The minimum atomic E-state index is 0. The molecule has 1 N–H and O–H groups in total. The Labute approximate surface area is 158 Å².